The molecule has 90 valence electrons. The monoisotopic (exact) mass is 274 g/mol. The van der Waals surface area contributed by atoms with Crippen molar-refractivity contribution in [1.29, 1.82) is 0 Å². The predicted octanol–water partition coefficient (Wildman–Crippen LogP) is 3.59. The number of carbonyl (C=O) groups excluding carboxylic acids is 1. The van der Waals surface area contributed by atoms with Gasteiger partial charge in [-0.2, -0.15) is 18.2 Å². The molecule has 0 aromatic heterocycles. The molecule has 3 heteroatoms. The molecule has 0 amide bonds. The minimum atomic E-state index is 0. The van der Waals surface area contributed by atoms with Gasteiger partial charge in [0.15, 0.2) is 0 Å². The number of hydrogen-bond acceptors (Lipinski definition) is 1. The third-order valence-corrected chi connectivity index (χ3v) is 2.05. The molecule has 0 fully saturated rings. The summed E-state index contributed by atoms with van der Waals surface area (Å²) in [5, 5.41) is 0.486. The van der Waals surface area contributed by atoms with Gasteiger partial charge in [0, 0.05) is 23.4 Å². The molecule has 0 saturated carbocycles. The molecule has 16 heavy (non-hydrogen) atoms. The number of carbonyl (C=O) groups is 1. The summed E-state index contributed by atoms with van der Waals surface area (Å²) < 4.78 is 0. The summed E-state index contributed by atoms with van der Waals surface area (Å²) >= 11 is 5.68. The van der Waals surface area contributed by atoms with E-state index in [1.54, 1.807) is 0 Å². The molecule has 0 atom stereocenters. The average Bonchev–Trinajstić information content (AvgIpc) is 2.95. The summed E-state index contributed by atoms with van der Waals surface area (Å²) in [5.41, 5.74) is 0.883. The predicted molar refractivity (Wildman–Crippen MR) is 64.0 cm³/mol. The van der Waals surface area contributed by atoms with Gasteiger partial charge in [-0.1, -0.05) is 0 Å². The van der Waals surface area contributed by atoms with Crippen LogP contribution >= 0.6 is 11.6 Å². The third-order valence-electron chi connectivity index (χ3n) is 1.71. The van der Waals surface area contributed by atoms with Crippen molar-refractivity contribution in [2.45, 2.75) is 0 Å². The SMILES string of the molecule is O=C/C=C(/Cl)[c-]1[cH-][cH-][cH-][cH-]1.[Fe].c1cc[cH-]c1. The van der Waals surface area contributed by atoms with Crippen LogP contribution in [-0.2, 0) is 21.9 Å². The molecule has 0 saturated heterocycles. The Bertz CT molecular complexity index is 370. The Balaban J connectivity index is 0.000000318. The molecule has 2 aromatic rings. The first kappa shape index (κ1) is 14.9. The number of rotatable bonds is 2. The van der Waals surface area contributed by atoms with Gasteiger partial charge >= 0.3 is 0 Å². The maximum Gasteiger partial charge on any atom is 0.00139 e. The summed E-state index contributed by atoms with van der Waals surface area (Å²) in [7, 11) is 0. The van der Waals surface area contributed by atoms with Gasteiger partial charge in [0.2, 0.25) is 0 Å². The van der Waals surface area contributed by atoms with E-state index in [1.807, 2.05) is 54.6 Å². The van der Waals surface area contributed by atoms with Crippen LogP contribution in [0.4, 0.5) is 0 Å². The maximum absolute atomic E-state index is 9.95. The summed E-state index contributed by atoms with van der Waals surface area (Å²) in [6, 6.07) is 17.4. The molecule has 0 spiro atoms. The molecule has 2 aromatic carbocycles. The van der Waals surface area contributed by atoms with Crippen LogP contribution in [0.15, 0.2) is 60.7 Å². The maximum atomic E-state index is 9.95. The number of hydrogen-bond donors (Lipinski definition) is 0. The van der Waals surface area contributed by atoms with Crippen LogP contribution in [0.3, 0.4) is 0 Å². The van der Waals surface area contributed by atoms with Gasteiger partial charge < -0.3 is 57.3 Å². The standard InChI is InChI=1S/C8H6ClO.C5H5.Fe/c9-8(5-6-10)7-3-1-2-4-7;1-2-4-5-3-1;/h1-6H;1-5H;/q-5;-1;/b8-5+;;. The fraction of sp³-hybridized carbons (Fsp3) is 0. The second-order valence-corrected chi connectivity index (χ2v) is 3.19. The van der Waals surface area contributed by atoms with Crippen LogP contribution < -0.4 is 0 Å². The Morgan fingerprint density at radius 3 is 2.12 bits per heavy atom. The van der Waals surface area contributed by atoms with Crippen LogP contribution in [0, 0.1) is 0 Å². The molecule has 1 nitrogen and oxygen atoms in total. The fourth-order valence-electron chi connectivity index (χ4n) is 1.01. The van der Waals surface area contributed by atoms with Crippen molar-refractivity contribution in [1.82, 2.24) is 0 Å². The van der Waals surface area contributed by atoms with Crippen molar-refractivity contribution in [3.63, 3.8) is 0 Å². The third kappa shape index (κ3) is 5.72. The Morgan fingerprint density at radius 1 is 1.19 bits per heavy atom. The number of allylic oxidation sites excluding steroid dienone is 1. The zero-order valence-corrected chi connectivity index (χ0v) is 10.4. The van der Waals surface area contributed by atoms with E-state index in [0.717, 1.165) is 5.56 Å². The first-order chi connectivity index (χ1) is 7.34. The summed E-state index contributed by atoms with van der Waals surface area (Å²) in [6.45, 7) is 0. The Kier molecular flexibility index (Phi) is 8.55. The minimum Gasteiger partial charge on any atom is -0.670 e. The largest absolute Gasteiger partial charge is 0.670 e. The zero-order valence-electron chi connectivity index (χ0n) is 8.49. The first-order valence-electron chi connectivity index (χ1n) is 4.54. The van der Waals surface area contributed by atoms with E-state index < -0.39 is 0 Å². The minimum absolute atomic E-state index is 0. The van der Waals surface area contributed by atoms with Crippen molar-refractivity contribution in [3.8, 4) is 0 Å². The van der Waals surface area contributed by atoms with E-state index in [0.29, 0.717) is 11.3 Å². The van der Waals surface area contributed by atoms with E-state index >= 15 is 0 Å². The van der Waals surface area contributed by atoms with Crippen molar-refractivity contribution in [3.05, 3.63) is 66.2 Å². The van der Waals surface area contributed by atoms with Gasteiger partial charge in [0.1, 0.15) is 0 Å². The quantitative estimate of drug-likeness (QED) is 0.354. The van der Waals surface area contributed by atoms with Crippen molar-refractivity contribution in [2.24, 2.45) is 0 Å². The molecule has 0 aliphatic rings. The van der Waals surface area contributed by atoms with Crippen molar-refractivity contribution >= 4 is 22.9 Å². The average molecular weight is 275 g/mol. The fourth-order valence-corrected chi connectivity index (χ4v) is 1.19. The Hall–Kier alpha value is -1.08. The van der Waals surface area contributed by atoms with Gasteiger partial charge in [-0.05, 0) is 0 Å². The van der Waals surface area contributed by atoms with Crippen LogP contribution in [0.1, 0.15) is 5.56 Å². The zero-order chi connectivity index (χ0) is 10.9. The van der Waals surface area contributed by atoms with E-state index in [1.165, 1.54) is 6.08 Å². The molecule has 0 unspecified atom stereocenters. The van der Waals surface area contributed by atoms with E-state index in [9.17, 15) is 4.79 Å². The second-order valence-electron chi connectivity index (χ2n) is 2.79. The molecule has 0 aliphatic carbocycles. The molecular formula is C13H11ClFeO-6. The smallest absolute Gasteiger partial charge is 0.00139 e. The van der Waals surface area contributed by atoms with Gasteiger partial charge in [0.05, 0.1) is 0 Å². The number of halogens is 1. The molecule has 2 rings (SSSR count). The molecule has 0 bridgehead atoms. The van der Waals surface area contributed by atoms with Crippen LogP contribution in [0.25, 0.3) is 5.03 Å². The van der Waals surface area contributed by atoms with Crippen LogP contribution in [-0.4, -0.2) is 6.29 Å². The van der Waals surface area contributed by atoms with E-state index in [2.05, 4.69) is 0 Å². The van der Waals surface area contributed by atoms with Crippen molar-refractivity contribution < 1.29 is 21.9 Å². The Morgan fingerprint density at radius 2 is 1.75 bits per heavy atom. The summed E-state index contributed by atoms with van der Waals surface area (Å²) in [6.07, 6.45) is 2.01. The van der Waals surface area contributed by atoms with E-state index in [-0.39, 0.29) is 17.1 Å². The molecule has 0 aliphatic heterocycles. The molecule has 0 radical (unpaired) electrons. The van der Waals surface area contributed by atoms with Crippen molar-refractivity contribution in [2.75, 3.05) is 0 Å². The van der Waals surface area contributed by atoms with Crippen LogP contribution in [0.2, 0.25) is 0 Å². The Labute approximate surface area is 111 Å². The van der Waals surface area contributed by atoms with Gasteiger partial charge in [0.25, 0.3) is 0 Å². The summed E-state index contributed by atoms with van der Waals surface area (Å²) in [5.74, 6) is 0. The number of aldehydes is 1. The topological polar surface area (TPSA) is 17.1 Å². The first-order valence-corrected chi connectivity index (χ1v) is 4.92. The second kappa shape index (κ2) is 9.17. The summed E-state index contributed by atoms with van der Waals surface area (Å²) in [4.78, 5) is 9.95. The normalized spacial score (nSPS) is 9.69. The molecule has 0 N–H and O–H groups in total. The van der Waals surface area contributed by atoms with Gasteiger partial charge in [-0.25, -0.2) is 12.1 Å². The van der Waals surface area contributed by atoms with Crippen LogP contribution in [0.5, 0.6) is 0 Å². The van der Waals surface area contributed by atoms with E-state index in [4.69, 9.17) is 11.6 Å². The van der Waals surface area contributed by atoms with Gasteiger partial charge in [-0.15, -0.1) is 0 Å². The molecule has 0 heterocycles. The van der Waals surface area contributed by atoms with Gasteiger partial charge in [-0.3, -0.25) is 0 Å². The molecular weight excluding hydrogens is 263 g/mol.